The number of nitrogens with zero attached hydrogens (tertiary/aromatic N) is 1. The number of hydrogen-bond acceptors (Lipinski definition) is 3. The number of aromatic hydroxyl groups is 1. The summed E-state index contributed by atoms with van der Waals surface area (Å²) in [5, 5.41) is 20.6. The molecular weight excluding hydrogens is 318 g/mol. The zero-order valence-electron chi connectivity index (χ0n) is 11.7. The van der Waals surface area contributed by atoms with Gasteiger partial charge in [0.15, 0.2) is 0 Å². The summed E-state index contributed by atoms with van der Waals surface area (Å²) in [7, 11) is 0. The van der Waals surface area contributed by atoms with E-state index in [0.29, 0.717) is 11.7 Å². The number of piperidine rings is 1. The smallest absolute Gasteiger partial charge is 0.120 e. The van der Waals surface area contributed by atoms with E-state index in [1.165, 1.54) is 12.8 Å². The molecule has 2 atom stereocenters. The van der Waals surface area contributed by atoms with Gasteiger partial charge in [-0.3, -0.25) is 4.90 Å². The Balaban J connectivity index is 1.69. The number of likely N-dealkylation sites (tertiary alicyclic amines) is 1. The standard InChI is InChI=1S/C16H22BrNO2/c17-14-4-5-15(19)12(9-14)10-18-8-7-16(20)6-2-1-3-13(16)11-18/h4-5,9,13,19-20H,1-3,6-8,10-11H2. The molecular formula is C16H22BrNO2. The SMILES string of the molecule is Oc1ccc(Br)cc1CN1CCC2(O)CCCCC2C1. The van der Waals surface area contributed by atoms with Crippen LogP contribution in [0.4, 0.5) is 0 Å². The van der Waals surface area contributed by atoms with Crippen molar-refractivity contribution in [3.05, 3.63) is 28.2 Å². The van der Waals surface area contributed by atoms with Crippen LogP contribution >= 0.6 is 15.9 Å². The van der Waals surface area contributed by atoms with E-state index in [9.17, 15) is 10.2 Å². The molecule has 0 spiro atoms. The summed E-state index contributed by atoms with van der Waals surface area (Å²) in [5.74, 6) is 0.761. The maximum absolute atomic E-state index is 10.7. The first-order chi connectivity index (χ1) is 9.57. The molecule has 1 aliphatic heterocycles. The lowest BCUT2D eigenvalue weighted by atomic mass is 9.71. The van der Waals surface area contributed by atoms with E-state index in [0.717, 1.165) is 48.9 Å². The molecule has 2 aliphatic rings. The van der Waals surface area contributed by atoms with Gasteiger partial charge in [0.05, 0.1) is 5.60 Å². The van der Waals surface area contributed by atoms with Gasteiger partial charge in [-0.05, 0) is 37.5 Å². The lowest BCUT2D eigenvalue weighted by Gasteiger charge is -2.47. The van der Waals surface area contributed by atoms with Crippen molar-refractivity contribution in [3.63, 3.8) is 0 Å². The number of hydrogen-bond donors (Lipinski definition) is 2. The van der Waals surface area contributed by atoms with Crippen molar-refractivity contribution in [3.8, 4) is 5.75 Å². The van der Waals surface area contributed by atoms with Crippen LogP contribution in [-0.4, -0.2) is 33.8 Å². The minimum absolute atomic E-state index is 0.359. The van der Waals surface area contributed by atoms with Crippen molar-refractivity contribution in [1.82, 2.24) is 4.90 Å². The Hall–Kier alpha value is -0.580. The van der Waals surface area contributed by atoms with Crippen LogP contribution in [0.5, 0.6) is 5.75 Å². The maximum atomic E-state index is 10.7. The summed E-state index contributed by atoms with van der Waals surface area (Å²) in [6, 6.07) is 5.58. The van der Waals surface area contributed by atoms with Crippen LogP contribution in [0.25, 0.3) is 0 Å². The van der Waals surface area contributed by atoms with E-state index in [2.05, 4.69) is 20.8 Å². The highest BCUT2D eigenvalue weighted by Crippen LogP contribution is 2.40. The first-order valence-corrected chi connectivity index (χ1v) is 8.28. The fourth-order valence-electron chi connectivity index (χ4n) is 3.70. The zero-order chi connectivity index (χ0) is 14.2. The molecule has 0 radical (unpaired) electrons. The Morgan fingerprint density at radius 1 is 1.30 bits per heavy atom. The van der Waals surface area contributed by atoms with E-state index in [1.54, 1.807) is 6.07 Å². The van der Waals surface area contributed by atoms with Gasteiger partial charge in [-0.15, -0.1) is 0 Å². The van der Waals surface area contributed by atoms with E-state index < -0.39 is 5.60 Å². The monoisotopic (exact) mass is 339 g/mol. The molecule has 1 heterocycles. The average molecular weight is 340 g/mol. The fraction of sp³-hybridized carbons (Fsp3) is 0.625. The largest absolute Gasteiger partial charge is 0.508 e. The van der Waals surface area contributed by atoms with Crippen molar-refractivity contribution >= 4 is 15.9 Å². The molecule has 4 heteroatoms. The molecule has 2 fully saturated rings. The quantitative estimate of drug-likeness (QED) is 0.868. The molecule has 3 nitrogen and oxygen atoms in total. The Bertz CT molecular complexity index is 493. The predicted octanol–water partition coefficient (Wildman–Crippen LogP) is 3.28. The van der Waals surface area contributed by atoms with Crippen LogP contribution in [0.3, 0.4) is 0 Å². The Labute approximate surface area is 128 Å². The van der Waals surface area contributed by atoms with Gasteiger partial charge in [-0.1, -0.05) is 28.8 Å². The molecule has 0 amide bonds. The molecule has 1 aromatic rings. The Morgan fingerprint density at radius 2 is 2.15 bits per heavy atom. The molecule has 1 aromatic carbocycles. The van der Waals surface area contributed by atoms with Gasteiger partial charge < -0.3 is 10.2 Å². The summed E-state index contributed by atoms with van der Waals surface area (Å²) in [4.78, 5) is 2.37. The lowest BCUT2D eigenvalue weighted by molar-refractivity contribution is -0.0968. The lowest BCUT2D eigenvalue weighted by Crippen LogP contribution is -2.52. The van der Waals surface area contributed by atoms with Crippen molar-refractivity contribution in [2.24, 2.45) is 5.92 Å². The summed E-state index contributed by atoms with van der Waals surface area (Å²) in [6.45, 7) is 2.62. The number of aliphatic hydroxyl groups is 1. The van der Waals surface area contributed by atoms with E-state index >= 15 is 0 Å². The van der Waals surface area contributed by atoms with Crippen LogP contribution in [0.1, 0.15) is 37.7 Å². The minimum atomic E-state index is -0.423. The Morgan fingerprint density at radius 3 is 3.00 bits per heavy atom. The molecule has 1 saturated heterocycles. The second-order valence-electron chi connectivity index (χ2n) is 6.30. The third-order valence-electron chi connectivity index (χ3n) is 4.95. The molecule has 3 rings (SSSR count). The molecule has 2 N–H and O–H groups in total. The van der Waals surface area contributed by atoms with Crippen LogP contribution < -0.4 is 0 Å². The number of halogens is 1. The van der Waals surface area contributed by atoms with Gasteiger partial charge in [-0.2, -0.15) is 0 Å². The molecule has 0 aromatic heterocycles. The molecule has 2 unspecified atom stereocenters. The number of phenols is 1. The van der Waals surface area contributed by atoms with Crippen molar-refractivity contribution in [1.29, 1.82) is 0 Å². The molecule has 1 aliphatic carbocycles. The van der Waals surface area contributed by atoms with Crippen LogP contribution in [-0.2, 0) is 6.54 Å². The van der Waals surface area contributed by atoms with Gasteiger partial charge in [-0.25, -0.2) is 0 Å². The third kappa shape index (κ3) is 2.87. The predicted molar refractivity (Wildman–Crippen MR) is 82.6 cm³/mol. The second kappa shape index (κ2) is 5.66. The fourth-order valence-corrected chi connectivity index (χ4v) is 4.11. The van der Waals surface area contributed by atoms with E-state index in [-0.39, 0.29) is 0 Å². The van der Waals surface area contributed by atoms with E-state index in [4.69, 9.17) is 0 Å². The highest BCUT2D eigenvalue weighted by atomic mass is 79.9. The summed E-state index contributed by atoms with van der Waals surface area (Å²) in [6.07, 6.45) is 5.37. The number of phenolic OH excluding ortho intramolecular Hbond substituents is 1. The average Bonchev–Trinajstić information content (AvgIpc) is 2.43. The molecule has 1 saturated carbocycles. The number of rotatable bonds is 2. The summed E-state index contributed by atoms with van der Waals surface area (Å²) in [5.41, 5.74) is 0.536. The van der Waals surface area contributed by atoms with Gasteiger partial charge in [0.1, 0.15) is 5.75 Å². The third-order valence-corrected chi connectivity index (χ3v) is 5.44. The summed E-state index contributed by atoms with van der Waals surface area (Å²) < 4.78 is 0.997. The first kappa shape index (κ1) is 14.4. The topological polar surface area (TPSA) is 43.7 Å². The van der Waals surface area contributed by atoms with Gasteiger partial charge in [0.25, 0.3) is 0 Å². The Kier molecular flexibility index (Phi) is 4.07. The minimum Gasteiger partial charge on any atom is -0.508 e. The molecule has 0 bridgehead atoms. The number of benzene rings is 1. The summed E-state index contributed by atoms with van der Waals surface area (Å²) >= 11 is 3.46. The highest BCUT2D eigenvalue weighted by Gasteiger charge is 2.42. The van der Waals surface area contributed by atoms with Gasteiger partial charge in [0, 0.05) is 35.6 Å². The number of fused-ring (bicyclic) bond motifs is 1. The molecule has 20 heavy (non-hydrogen) atoms. The zero-order valence-corrected chi connectivity index (χ0v) is 13.3. The van der Waals surface area contributed by atoms with Crippen LogP contribution in [0, 0.1) is 5.92 Å². The van der Waals surface area contributed by atoms with Crippen LogP contribution in [0.15, 0.2) is 22.7 Å². The van der Waals surface area contributed by atoms with Gasteiger partial charge in [0.2, 0.25) is 0 Å². The maximum Gasteiger partial charge on any atom is 0.120 e. The van der Waals surface area contributed by atoms with Crippen molar-refractivity contribution in [2.45, 2.75) is 44.2 Å². The normalized spacial score (nSPS) is 31.0. The molecule has 110 valence electrons. The first-order valence-electron chi connectivity index (χ1n) is 7.49. The highest BCUT2D eigenvalue weighted by molar-refractivity contribution is 9.10. The van der Waals surface area contributed by atoms with Gasteiger partial charge >= 0.3 is 0 Å². The van der Waals surface area contributed by atoms with Crippen LogP contribution in [0.2, 0.25) is 0 Å². The van der Waals surface area contributed by atoms with Crippen molar-refractivity contribution in [2.75, 3.05) is 13.1 Å². The second-order valence-corrected chi connectivity index (χ2v) is 7.22. The van der Waals surface area contributed by atoms with E-state index in [1.807, 2.05) is 12.1 Å². The van der Waals surface area contributed by atoms with Crippen molar-refractivity contribution < 1.29 is 10.2 Å².